The molecule has 1 fully saturated rings. The minimum atomic E-state index is -0.272. The van der Waals surface area contributed by atoms with E-state index in [9.17, 15) is 0 Å². The Kier molecular flexibility index (Phi) is 4.79. The summed E-state index contributed by atoms with van der Waals surface area (Å²) in [6, 6.07) is 6.99. The summed E-state index contributed by atoms with van der Waals surface area (Å²) < 4.78 is 12.4. The van der Waals surface area contributed by atoms with E-state index in [1.54, 1.807) is 0 Å². The van der Waals surface area contributed by atoms with Crippen LogP contribution < -0.4 is 0 Å². The molecule has 0 amide bonds. The molecule has 1 saturated heterocycles. The van der Waals surface area contributed by atoms with Crippen molar-refractivity contribution in [3.05, 3.63) is 34.9 Å². The normalized spacial score (nSPS) is 20.5. The topological polar surface area (TPSA) is 18.5 Å². The lowest BCUT2D eigenvalue weighted by Gasteiger charge is -2.32. The van der Waals surface area contributed by atoms with Gasteiger partial charge in [-0.3, -0.25) is 0 Å². The smallest absolute Gasteiger partial charge is 0.403 e. The first-order valence-electron chi connectivity index (χ1n) is 9.12. The maximum atomic E-state index is 6.20. The van der Waals surface area contributed by atoms with Crippen molar-refractivity contribution in [2.75, 3.05) is 0 Å². The maximum absolute atomic E-state index is 6.20. The molecule has 0 spiro atoms. The molecule has 2 nitrogen and oxygen atoms in total. The second-order valence-corrected chi connectivity index (χ2v) is 10.3. The zero-order chi connectivity index (χ0) is 18.6. The third-order valence-electron chi connectivity index (χ3n) is 5.43. The van der Waals surface area contributed by atoms with E-state index in [0.717, 1.165) is 6.32 Å². The number of hydrogen-bond donors (Lipinski definition) is 0. The maximum Gasteiger partial charge on any atom is 0.462 e. The third-order valence-corrected chi connectivity index (χ3v) is 5.43. The van der Waals surface area contributed by atoms with E-state index in [4.69, 9.17) is 9.31 Å². The summed E-state index contributed by atoms with van der Waals surface area (Å²) in [5.41, 5.74) is 3.77. The zero-order valence-electron chi connectivity index (χ0n) is 17.3. The lowest BCUT2D eigenvalue weighted by atomic mass is 9.75. The van der Waals surface area contributed by atoms with Gasteiger partial charge < -0.3 is 9.31 Å². The molecular formula is C21H35BO2. The predicted molar refractivity (Wildman–Crippen MR) is 104 cm³/mol. The van der Waals surface area contributed by atoms with Crippen LogP contribution in [0.1, 0.15) is 85.9 Å². The van der Waals surface area contributed by atoms with Crippen LogP contribution in [0.15, 0.2) is 18.2 Å². The molecule has 0 atom stereocenters. The van der Waals surface area contributed by atoms with E-state index in [2.05, 4.69) is 87.4 Å². The highest BCUT2D eigenvalue weighted by Gasteiger charge is 2.50. The van der Waals surface area contributed by atoms with E-state index < -0.39 is 0 Å². The molecule has 0 bridgehead atoms. The minimum Gasteiger partial charge on any atom is -0.403 e. The number of rotatable bonds is 2. The van der Waals surface area contributed by atoms with Gasteiger partial charge >= 0.3 is 7.12 Å². The van der Waals surface area contributed by atoms with Gasteiger partial charge in [0.15, 0.2) is 0 Å². The van der Waals surface area contributed by atoms with Gasteiger partial charge in [0.2, 0.25) is 0 Å². The molecule has 0 aromatic heterocycles. The Labute approximate surface area is 149 Å². The van der Waals surface area contributed by atoms with Crippen molar-refractivity contribution in [3.63, 3.8) is 0 Å². The monoisotopic (exact) mass is 330 g/mol. The van der Waals surface area contributed by atoms with Crippen molar-refractivity contribution in [2.24, 2.45) is 0 Å². The van der Waals surface area contributed by atoms with E-state index in [1.165, 1.54) is 16.7 Å². The van der Waals surface area contributed by atoms with Crippen LogP contribution in [0.5, 0.6) is 0 Å². The molecule has 1 aromatic carbocycles. The Morgan fingerprint density at radius 1 is 0.750 bits per heavy atom. The second kappa shape index (κ2) is 5.88. The van der Waals surface area contributed by atoms with Gasteiger partial charge in [-0.2, -0.15) is 0 Å². The Balaban J connectivity index is 2.34. The molecule has 0 saturated carbocycles. The van der Waals surface area contributed by atoms with E-state index in [-0.39, 0.29) is 29.2 Å². The van der Waals surface area contributed by atoms with Crippen molar-refractivity contribution in [2.45, 2.75) is 97.6 Å². The molecule has 24 heavy (non-hydrogen) atoms. The Bertz CT molecular complexity index is 555. The summed E-state index contributed by atoms with van der Waals surface area (Å²) in [4.78, 5) is 0. The zero-order valence-corrected chi connectivity index (χ0v) is 17.3. The van der Waals surface area contributed by atoms with Crippen molar-refractivity contribution >= 4 is 7.12 Å². The molecule has 1 aromatic rings. The molecule has 1 aliphatic heterocycles. The minimum absolute atomic E-state index is 0.131. The standard InChI is InChI=1S/C21H35BO2/c1-18(2,3)16-11-15(12-17(13-16)19(4,5)6)14-22-23-20(7,8)21(9,10)24-22/h11-13H,14H2,1-10H3. The van der Waals surface area contributed by atoms with Gasteiger partial charge in [-0.05, 0) is 55.2 Å². The molecule has 1 heterocycles. The molecule has 2 rings (SSSR count). The van der Waals surface area contributed by atoms with Gasteiger partial charge in [-0.25, -0.2) is 0 Å². The summed E-state index contributed by atoms with van der Waals surface area (Å²) in [6.07, 6.45) is 0.792. The number of hydrogen-bond acceptors (Lipinski definition) is 2. The van der Waals surface area contributed by atoms with Crippen LogP contribution in [0.4, 0.5) is 0 Å². The summed E-state index contributed by atoms with van der Waals surface area (Å²) in [6.45, 7) is 22.1. The lowest BCUT2D eigenvalue weighted by molar-refractivity contribution is 0.00578. The fraction of sp³-hybridized carbons (Fsp3) is 0.714. The average molecular weight is 330 g/mol. The third kappa shape index (κ3) is 4.05. The van der Waals surface area contributed by atoms with Crippen LogP contribution in [0.25, 0.3) is 0 Å². The van der Waals surface area contributed by atoms with Crippen LogP contribution >= 0.6 is 0 Å². The average Bonchev–Trinajstić information content (AvgIpc) is 2.54. The van der Waals surface area contributed by atoms with E-state index >= 15 is 0 Å². The predicted octanol–water partition coefficient (Wildman–Crippen LogP) is 5.46. The highest BCUT2D eigenvalue weighted by Crippen LogP contribution is 2.38. The van der Waals surface area contributed by atoms with Crippen molar-refractivity contribution in [1.29, 1.82) is 0 Å². The molecule has 134 valence electrons. The van der Waals surface area contributed by atoms with E-state index in [0.29, 0.717) is 0 Å². The van der Waals surface area contributed by atoms with Gasteiger partial charge in [0.1, 0.15) is 0 Å². The Hall–Kier alpha value is -0.795. The molecule has 0 aliphatic carbocycles. The Morgan fingerprint density at radius 2 is 1.12 bits per heavy atom. The molecular weight excluding hydrogens is 295 g/mol. The summed E-state index contributed by atoms with van der Waals surface area (Å²) in [5.74, 6) is 0. The summed E-state index contributed by atoms with van der Waals surface area (Å²) >= 11 is 0. The lowest BCUT2D eigenvalue weighted by Crippen LogP contribution is -2.41. The fourth-order valence-corrected chi connectivity index (χ4v) is 2.92. The number of benzene rings is 1. The first kappa shape index (κ1) is 19.5. The SMILES string of the molecule is CC(C)(C)c1cc(CB2OC(C)(C)C(C)(C)O2)cc(C(C)(C)C)c1. The van der Waals surface area contributed by atoms with Crippen LogP contribution in [0.2, 0.25) is 0 Å². The van der Waals surface area contributed by atoms with Crippen molar-refractivity contribution < 1.29 is 9.31 Å². The van der Waals surface area contributed by atoms with E-state index in [1.807, 2.05) is 0 Å². The van der Waals surface area contributed by atoms with Crippen molar-refractivity contribution in [3.8, 4) is 0 Å². The molecule has 1 aliphatic rings. The van der Waals surface area contributed by atoms with Crippen molar-refractivity contribution in [1.82, 2.24) is 0 Å². The van der Waals surface area contributed by atoms with Gasteiger partial charge in [0, 0.05) is 6.32 Å². The quantitative estimate of drug-likeness (QED) is 0.671. The molecule has 0 radical (unpaired) electrons. The molecule has 0 N–H and O–H groups in total. The fourth-order valence-electron chi connectivity index (χ4n) is 2.92. The largest absolute Gasteiger partial charge is 0.462 e. The Morgan fingerprint density at radius 3 is 1.46 bits per heavy atom. The molecule has 0 unspecified atom stereocenters. The summed E-state index contributed by atoms with van der Waals surface area (Å²) in [7, 11) is -0.182. The van der Waals surface area contributed by atoms with Crippen LogP contribution in [0, 0.1) is 0 Å². The van der Waals surface area contributed by atoms with Gasteiger partial charge in [0.05, 0.1) is 11.2 Å². The highest BCUT2D eigenvalue weighted by molar-refractivity contribution is 6.45. The first-order chi connectivity index (χ1) is 10.6. The van der Waals surface area contributed by atoms with Gasteiger partial charge in [-0.1, -0.05) is 59.7 Å². The van der Waals surface area contributed by atoms with Gasteiger partial charge in [-0.15, -0.1) is 0 Å². The first-order valence-corrected chi connectivity index (χ1v) is 9.12. The van der Waals surface area contributed by atoms with Crippen LogP contribution in [-0.2, 0) is 26.5 Å². The second-order valence-electron chi connectivity index (χ2n) is 10.3. The van der Waals surface area contributed by atoms with Crippen LogP contribution in [-0.4, -0.2) is 18.3 Å². The highest BCUT2D eigenvalue weighted by atomic mass is 16.7. The summed E-state index contributed by atoms with van der Waals surface area (Å²) in [5, 5.41) is 0. The molecule has 3 heteroatoms. The van der Waals surface area contributed by atoms with Crippen LogP contribution in [0.3, 0.4) is 0 Å². The van der Waals surface area contributed by atoms with Gasteiger partial charge in [0.25, 0.3) is 0 Å².